The van der Waals surface area contributed by atoms with Crippen LogP contribution in [0.5, 0.6) is 11.5 Å². The maximum absolute atomic E-state index is 10.3. The second-order valence-corrected chi connectivity index (χ2v) is 8.86. The van der Waals surface area contributed by atoms with Crippen molar-refractivity contribution in [1.82, 2.24) is 5.32 Å². The number of hydrogen-bond acceptors (Lipinski definition) is 4. The van der Waals surface area contributed by atoms with Gasteiger partial charge in [0.25, 0.3) is 0 Å². The fourth-order valence-electron chi connectivity index (χ4n) is 3.69. The molecule has 0 atom stereocenters. The van der Waals surface area contributed by atoms with E-state index in [0.717, 1.165) is 50.2 Å². The number of nitrogens with one attached hydrogen (secondary N) is 1. The van der Waals surface area contributed by atoms with Gasteiger partial charge in [0.15, 0.2) is 0 Å². The number of ether oxygens (including phenoxy) is 2. The fourth-order valence-corrected chi connectivity index (χ4v) is 3.69. The molecule has 0 spiro atoms. The van der Waals surface area contributed by atoms with E-state index in [4.69, 9.17) is 14.6 Å². The number of aromatic hydroxyl groups is 1. The Hall–Kier alpha value is -2.73. The first kappa shape index (κ1) is 26.5. The van der Waals surface area contributed by atoms with Crippen LogP contribution in [-0.4, -0.2) is 42.7 Å². The summed E-state index contributed by atoms with van der Waals surface area (Å²) in [6.45, 7) is 6.89. The summed E-state index contributed by atoms with van der Waals surface area (Å²) < 4.78 is 11.4. The van der Waals surface area contributed by atoms with Crippen LogP contribution in [0.3, 0.4) is 0 Å². The SMILES string of the molecule is CC(C)(c1ccc(O)cc1)c1ccc(OCCCCCCCCOCCCNC(=O)O)cc1. The van der Waals surface area contributed by atoms with Crippen LogP contribution in [0.15, 0.2) is 48.5 Å². The van der Waals surface area contributed by atoms with Crippen molar-refractivity contribution in [3.63, 3.8) is 0 Å². The Morgan fingerprint density at radius 3 is 1.91 bits per heavy atom. The number of carbonyl (C=O) groups is 1. The van der Waals surface area contributed by atoms with Gasteiger partial charge in [0.2, 0.25) is 0 Å². The van der Waals surface area contributed by atoms with E-state index >= 15 is 0 Å². The number of unbranched alkanes of at least 4 members (excludes halogenated alkanes) is 5. The summed E-state index contributed by atoms with van der Waals surface area (Å²) in [4.78, 5) is 10.3. The summed E-state index contributed by atoms with van der Waals surface area (Å²) in [5.41, 5.74) is 2.23. The third kappa shape index (κ3) is 10.2. The van der Waals surface area contributed by atoms with Crippen LogP contribution in [0, 0.1) is 0 Å². The minimum absolute atomic E-state index is 0.144. The van der Waals surface area contributed by atoms with Crippen molar-refractivity contribution in [2.24, 2.45) is 0 Å². The summed E-state index contributed by atoms with van der Waals surface area (Å²) in [7, 11) is 0. The molecule has 0 aliphatic rings. The van der Waals surface area contributed by atoms with Crippen LogP contribution in [0.2, 0.25) is 0 Å². The maximum atomic E-state index is 10.3. The largest absolute Gasteiger partial charge is 0.508 e. The van der Waals surface area contributed by atoms with Gasteiger partial charge in [0.05, 0.1) is 6.61 Å². The highest BCUT2D eigenvalue weighted by atomic mass is 16.5. The zero-order valence-electron chi connectivity index (χ0n) is 20.0. The minimum Gasteiger partial charge on any atom is -0.508 e. The van der Waals surface area contributed by atoms with Gasteiger partial charge in [-0.1, -0.05) is 63.8 Å². The monoisotopic (exact) mass is 457 g/mol. The number of benzene rings is 2. The van der Waals surface area contributed by atoms with Gasteiger partial charge in [-0.15, -0.1) is 0 Å². The Kier molecular flexibility index (Phi) is 11.6. The first-order valence-corrected chi connectivity index (χ1v) is 12.0. The van der Waals surface area contributed by atoms with Crippen LogP contribution in [0.1, 0.15) is 69.9 Å². The van der Waals surface area contributed by atoms with Crippen LogP contribution < -0.4 is 10.1 Å². The maximum Gasteiger partial charge on any atom is 0.404 e. The van der Waals surface area contributed by atoms with Gasteiger partial charge in [-0.25, -0.2) is 4.79 Å². The van der Waals surface area contributed by atoms with Gasteiger partial charge in [0.1, 0.15) is 11.5 Å². The van der Waals surface area contributed by atoms with Crippen LogP contribution in [0.4, 0.5) is 4.79 Å². The molecule has 0 saturated heterocycles. The van der Waals surface area contributed by atoms with E-state index in [0.29, 0.717) is 19.6 Å². The zero-order chi connectivity index (χ0) is 23.9. The number of amides is 1. The molecule has 0 unspecified atom stereocenters. The molecule has 2 rings (SSSR count). The Morgan fingerprint density at radius 2 is 1.30 bits per heavy atom. The van der Waals surface area contributed by atoms with Gasteiger partial charge >= 0.3 is 6.09 Å². The molecule has 0 radical (unpaired) electrons. The first-order chi connectivity index (χ1) is 15.9. The van der Waals surface area contributed by atoms with Gasteiger partial charge in [-0.2, -0.15) is 0 Å². The third-order valence-electron chi connectivity index (χ3n) is 5.86. The lowest BCUT2D eigenvalue weighted by molar-refractivity contribution is 0.126. The highest BCUT2D eigenvalue weighted by Gasteiger charge is 2.23. The lowest BCUT2D eigenvalue weighted by atomic mass is 9.78. The molecule has 2 aromatic rings. The van der Waals surface area contributed by atoms with Crippen molar-refractivity contribution in [3.05, 3.63) is 59.7 Å². The van der Waals surface area contributed by atoms with E-state index in [1.165, 1.54) is 18.4 Å². The number of phenols is 1. The molecule has 0 heterocycles. The molecule has 6 heteroatoms. The normalized spacial score (nSPS) is 11.3. The molecule has 0 aliphatic heterocycles. The Morgan fingerprint density at radius 1 is 0.788 bits per heavy atom. The average molecular weight is 458 g/mol. The quantitative estimate of drug-likeness (QED) is 0.265. The van der Waals surface area contributed by atoms with E-state index in [-0.39, 0.29) is 11.2 Å². The van der Waals surface area contributed by atoms with Gasteiger partial charge in [-0.3, -0.25) is 0 Å². The predicted molar refractivity (Wildman–Crippen MR) is 131 cm³/mol. The lowest BCUT2D eigenvalue weighted by Crippen LogP contribution is -2.22. The molecule has 33 heavy (non-hydrogen) atoms. The van der Waals surface area contributed by atoms with Gasteiger partial charge in [-0.05, 0) is 54.7 Å². The highest BCUT2D eigenvalue weighted by Crippen LogP contribution is 2.33. The van der Waals surface area contributed by atoms with Crippen molar-refractivity contribution < 1.29 is 24.5 Å². The molecular weight excluding hydrogens is 418 g/mol. The van der Waals surface area contributed by atoms with Gasteiger partial charge in [0, 0.05) is 25.2 Å². The average Bonchev–Trinajstić information content (AvgIpc) is 2.79. The summed E-state index contributed by atoms with van der Waals surface area (Å²) in [6.07, 6.45) is 6.55. The van der Waals surface area contributed by atoms with E-state index in [1.54, 1.807) is 12.1 Å². The molecule has 182 valence electrons. The smallest absolute Gasteiger partial charge is 0.404 e. The Bertz CT molecular complexity index is 802. The number of hydrogen-bond donors (Lipinski definition) is 3. The standard InChI is InChI=1S/C27H39NO5/c1-27(2,22-10-14-24(29)15-11-22)23-12-16-25(17-13-23)33-21-8-6-4-3-5-7-19-32-20-9-18-28-26(30)31/h10-17,28-29H,3-9,18-21H2,1-2H3,(H,30,31). The Balaban J connectivity index is 1.52. The van der Waals surface area contributed by atoms with E-state index in [1.807, 2.05) is 24.3 Å². The molecule has 3 N–H and O–H groups in total. The second kappa shape index (κ2) is 14.4. The van der Waals surface area contributed by atoms with Crippen LogP contribution >= 0.6 is 0 Å². The third-order valence-corrected chi connectivity index (χ3v) is 5.86. The summed E-state index contributed by atoms with van der Waals surface area (Å²) in [5, 5.41) is 20.3. The summed E-state index contributed by atoms with van der Waals surface area (Å²) in [5.74, 6) is 1.18. The van der Waals surface area contributed by atoms with E-state index < -0.39 is 6.09 Å². The molecule has 0 bridgehead atoms. The van der Waals surface area contributed by atoms with Crippen molar-refractivity contribution in [2.75, 3.05) is 26.4 Å². The van der Waals surface area contributed by atoms with Crippen molar-refractivity contribution in [2.45, 2.75) is 64.2 Å². The number of phenolic OH excluding ortho intramolecular Hbond substituents is 1. The van der Waals surface area contributed by atoms with E-state index in [2.05, 4.69) is 31.3 Å². The molecule has 1 amide bonds. The highest BCUT2D eigenvalue weighted by molar-refractivity contribution is 5.64. The van der Waals surface area contributed by atoms with Crippen molar-refractivity contribution >= 4 is 6.09 Å². The first-order valence-electron chi connectivity index (χ1n) is 12.0. The molecule has 0 saturated carbocycles. The number of rotatable bonds is 16. The fraction of sp³-hybridized carbons (Fsp3) is 0.519. The van der Waals surface area contributed by atoms with E-state index in [9.17, 15) is 9.90 Å². The molecule has 2 aromatic carbocycles. The molecular formula is C27H39NO5. The second-order valence-electron chi connectivity index (χ2n) is 8.86. The van der Waals surface area contributed by atoms with Gasteiger partial charge < -0.3 is 25.0 Å². The molecule has 0 aromatic heterocycles. The van der Waals surface area contributed by atoms with Crippen molar-refractivity contribution in [3.8, 4) is 11.5 Å². The number of carboxylic acid groups (broad SMARTS) is 1. The zero-order valence-corrected chi connectivity index (χ0v) is 20.0. The minimum atomic E-state index is -0.982. The van der Waals surface area contributed by atoms with Crippen molar-refractivity contribution in [1.29, 1.82) is 0 Å². The summed E-state index contributed by atoms with van der Waals surface area (Å²) >= 11 is 0. The predicted octanol–water partition coefficient (Wildman–Crippen LogP) is 6.11. The van der Waals surface area contributed by atoms with Crippen LogP contribution in [-0.2, 0) is 10.2 Å². The summed E-state index contributed by atoms with van der Waals surface area (Å²) in [6, 6.07) is 15.7. The lowest BCUT2D eigenvalue weighted by Gasteiger charge is -2.26. The molecule has 0 fully saturated rings. The molecule has 0 aliphatic carbocycles. The molecule has 6 nitrogen and oxygen atoms in total. The topological polar surface area (TPSA) is 88.0 Å². The Labute approximate surface area is 197 Å². The van der Waals surface area contributed by atoms with Crippen LogP contribution in [0.25, 0.3) is 0 Å².